The minimum absolute atomic E-state index is 0.108. The minimum atomic E-state index is -0.197. The molecule has 0 aliphatic carbocycles. The number of aromatic nitrogens is 3. The topological polar surface area (TPSA) is 86.1 Å². The summed E-state index contributed by atoms with van der Waals surface area (Å²) < 4.78 is 7.93. The predicted octanol–water partition coefficient (Wildman–Crippen LogP) is 4.54. The summed E-state index contributed by atoms with van der Waals surface area (Å²) in [6, 6.07) is 13.3. The second-order valence-electron chi connectivity index (χ2n) is 7.44. The van der Waals surface area contributed by atoms with Gasteiger partial charge in [0, 0.05) is 18.2 Å². The highest BCUT2D eigenvalue weighted by Crippen LogP contribution is 2.31. The lowest BCUT2D eigenvalue weighted by Gasteiger charge is -2.14. The SMILES string of the molecule is COc1cccc(-n2c(SCC(=O)Nc3nc4ccc(C)cc4s3)nc3c(c2=O)SCC3)c1. The molecule has 1 amide bonds. The molecule has 0 saturated heterocycles. The minimum Gasteiger partial charge on any atom is -0.497 e. The van der Waals surface area contributed by atoms with Crippen LogP contribution in [0.25, 0.3) is 15.9 Å². The average molecular weight is 497 g/mol. The molecule has 5 rings (SSSR count). The molecule has 10 heteroatoms. The van der Waals surface area contributed by atoms with E-state index >= 15 is 0 Å². The Morgan fingerprint density at radius 1 is 1.24 bits per heavy atom. The largest absolute Gasteiger partial charge is 0.497 e. The maximum Gasteiger partial charge on any atom is 0.272 e. The van der Waals surface area contributed by atoms with Crippen molar-refractivity contribution in [3.8, 4) is 11.4 Å². The lowest BCUT2D eigenvalue weighted by Crippen LogP contribution is -2.24. The van der Waals surface area contributed by atoms with Crippen LogP contribution in [0, 0.1) is 6.92 Å². The zero-order valence-corrected chi connectivity index (χ0v) is 20.4. The van der Waals surface area contributed by atoms with Gasteiger partial charge >= 0.3 is 0 Å². The maximum absolute atomic E-state index is 13.3. The molecular formula is C23H20N4O3S3. The third-order valence-electron chi connectivity index (χ3n) is 5.10. The second kappa shape index (κ2) is 9.20. The number of amides is 1. The number of hydrogen-bond acceptors (Lipinski definition) is 8. The number of rotatable bonds is 6. The van der Waals surface area contributed by atoms with Crippen LogP contribution in [-0.2, 0) is 11.2 Å². The van der Waals surface area contributed by atoms with Crippen LogP contribution < -0.4 is 15.6 Å². The standard InChI is InChI=1S/C23H20N4O3S3/c1-13-6-7-16-18(10-13)33-22(24-16)26-19(28)12-32-23-25-17-8-9-31-20(17)21(29)27(23)14-4-3-5-15(11-14)30-2/h3-7,10-11H,8-9,12H2,1-2H3,(H,24,26,28). The number of nitrogens with zero attached hydrogens (tertiary/aromatic N) is 3. The third-order valence-corrected chi connectivity index (χ3v) is 8.08. The molecule has 1 N–H and O–H groups in total. The summed E-state index contributed by atoms with van der Waals surface area (Å²) in [6.45, 7) is 2.03. The Labute approximate surface area is 202 Å². The molecule has 7 nitrogen and oxygen atoms in total. The van der Waals surface area contributed by atoms with E-state index in [-0.39, 0.29) is 17.2 Å². The number of thioether (sulfide) groups is 2. The van der Waals surface area contributed by atoms with E-state index in [0.29, 0.717) is 26.6 Å². The summed E-state index contributed by atoms with van der Waals surface area (Å²) in [5.41, 5.74) is 3.36. The van der Waals surface area contributed by atoms with Crippen molar-refractivity contribution < 1.29 is 9.53 Å². The van der Waals surface area contributed by atoms with Crippen molar-refractivity contribution in [3.05, 3.63) is 64.1 Å². The van der Waals surface area contributed by atoms with Crippen molar-refractivity contribution in [2.75, 3.05) is 23.9 Å². The molecule has 1 aliphatic rings. The number of anilines is 1. The Kier molecular flexibility index (Phi) is 6.13. The van der Waals surface area contributed by atoms with E-state index in [9.17, 15) is 9.59 Å². The fourth-order valence-electron chi connectivity index (χ4n) is 3.54. The Morgan fingerprint density at radius 3 is 2.97 bits per heavy atom. The van der Waals surface area contributed by atoms with Gasteiger partial charge in [-0.3, -0.25) is 14.2 Å². The van der Waals surface area contributed by atoms with Gasteiger partial charge in [0.25, 0.3) is 5.56 Å². The number of thiazole rings is 1. The number of hydrogen-bond donors (Lipinski definition) is 1. The first-order valence-corrected chi connectivity index (χ1v) is 13.0. The van der Waals surface area contributed by atoms with E-state index in [2.05, 4.69) is 16.4 Å². The van der Waals surface area contributed by atoms with Crippen molar-refractivity contribution >= 4 is 56.1 Å². The van der Waals surface area contributed by atoms with Crippen LogP contribution in [0.15, 0.2) is 57.3 Å². The van der Waals surface area contributed by atoms with Crippen LogP contribution in [0.4, 0.5) is 5.13 Å². The first-order chi connectivity index (χ1) is 16.0. The van der Waals surface area contributed by atoms with Gasteiger partial charge in [-0.05, 0) is 36.8 Å². The zero-order chi connectivity index (χ0) is 22.9. The van der Waals surface area contributed by atoms with Crippen LogP contribution in [0.2, 0.25) is 0 Å². The summed E-state index contributed by atoms with van der Waals surface area (Å²) in [5, 5.41) is 3.92. The van der Waals surface area contributed by atoms with Gasteiger partial charge in [-0.25, -0.2) is 9.97 Å². The van der Waals surface area contributed by atoms with Gasteiger partial charge in [0.2, 0.25) is 5.91 Å². The first-order valence-electron chi connectivity index (χ1n) is 10.2. The number of benzene rings is 2. The fraction of sp³-hybridized carbons (Fsp3) is 0.217. The van der Waals surface area contributed by atoms with E-state index in [1.807, 2.05) is 37.3 Å². The van der Waals surface area contributed by atoms with Crippen LogP contribution in [-0.4, -0.2) is 39.1 Å². The number of methoxy groups -OCH3 is 1. The number of nitrogens with one attached hydrogen (secondary N) is 1. The van der Waals surface area contributed by atoms with Gasteiger partial charge in [0.1, 0.15) is 5.75 Å². The van der Waals surface area contributed by atoms with E-state index in [1.54, 1.807) is 17.7 Å². The molecule has 0 unspecified atom stereocenters. The molecule has 168 valence electrons. The van der Waals surface area contributed by atoms with Crippen molar-refractivity contribution in [2.24, 2.45) is 0 Å². The molecule has 1 aliphatic heterocycles. The summed E-state index contributed by atoms with van der Waals surface area (Å²) in [5.74, 6) is 1.39. The number of carbonyl (C=O) groups excluding carboxylic acids is 1. The van der Waals surface area contributed by atoms with Gasteiger partial charge in [-0.2, -0.15) is 0 Å². The summed E-state index contributed by atoms with van der Waals surface area (Å²) >= 11 is 4.21. The quantitative estimate of drug-likeness (QED) is 0.310. The predicted molar refractivity (Wildman–Crippen MR) is 135 cm³/mol. The second-order valence-corrected chi connectivity index (χ2v) is 10.5. The molecule has 0 spiro atoms. The molecule has 4 aromatic rings. The average Bonchev–Trinajstić information content (AvgIpc) is 3.44. The van der Waals surface area contributed by atoms with Crippen LogP contribution in [0.1, 0.15) is 11.3 Å². The van der Waals surface area contributed by atoms with Crippen LogP contribution in [0.3, 0.4) is 0 Å². The Morgan fingerprint density at radius 2 is 2.12 bits per heavy atom. The fourth-order valence-corrected chi connectivity index (χ4v) is 6.37. The lowest BCUT2D eigenvalue weighted by molar-refractivity contribution is -0.113. The molecule has 2 aromatic carbocycles. The zero-order valence-electron chi connectivity index (χ0n) is 18.0. The molecule has 0 radical (unpaired) electrons. The summed E-state index contributed by atoms with van der Waals surface area (Å²) in [7, 11) is 1.59. The summed E-state index contributed by atoms with van der Waals surface area (Å²) in [6.07, 6.45) is 0.749. The molecule has 0 fully saturated rings. The van der Waals surface area contributed by atoms with Crippen molar-refractivity contribution in [3.63, 3.8) is 0 Å². The first kappa shape index (κ1) is 22.0. The highest BCUT2D eigenvalue weighted by molar-refractivity contribution is 8.00. The van der Waals surface area contributed by atoms with Crippen LogP contribution in [0.5, 0.6) is 5.75 Å². The molecule has 2 aromatic heterocycles. The lowest BCUT2D eigenvalue weighted by atomic mass is 10.2. The molecular weight excluding hydrogens is 476 g/mol. The smallest absolute Gasteiger partial charge is 0.272 e. The van der Waals surface area contributed by atoms with Crippen LogP contribution >= 0.6 is 34.9 Å². The van der Waals surface area contributed by atoms with E-state index in [4.69, 9.17) is 9.72 Å². The van der Waals surface area contributed by atoms with Gasteiger partial charge in [0.05, 0.1) is 39.4 Å². The van der Waals surface area contributed by atoms with Crippen molar-refractivity contribution in [1.82, 2.24) is 14.5 Å². The number of carbonyl (C=O) groups is 1. The normalized spacial score (nSPS) is 12.7. The van der Waals surface area contributed by atoms with Gasteiger partial charge in [-0.15, -0.1) is 11.8 Å². The third kappa shape index (κ3) is 4.50. The van der Waals surface area contributed by atoms with E-state index in [1.165, 1.54) is 34.9 Å². The molecule has 0 bridgehead atoms. The van der Waals surface area contributed by atoms with Gasteiger partial charge in [-0.1, -0.05) is 35.2 Å². The Balaban J connectivity index is 1.40. The summed E-state index contributed by atoms with van der Waals surface area (Å²) in [4.78, 5) is 35.9. The Hall–Kier alpha value is -2.82. The molecule has 0 atom stereocenters. The molecule has 33 heavy (non-hydrogen) atoms. The number of aryl methyl sites for hydroxylation is 2. The highest BCUT2D eigenvalue weighted by Gasteiger charge is 2.23. The van der Waals surface area contributed by atoms with Crippen molar-refractivity contribution in [1.29, 1.82) is 0 Å². The van der Waals surface area contributed by atoms with Gasteiger partial charge < -0.3 is 10.1 Å². The Bertz CT molecular complexity index is 1430. The number of ether oxygens (including phenoxy) is 1. The highest BCUT2D eigenvalue weighted by atomic mass is 32.2. The van der Waals surface area contributed by atoms with Crippen molar-refractivity contribution in [2.45, 2.75) is 23.4 Å². The van der Waals surface area contributed by atoms with Gasteiger partial charge in [0.15, 0.2) is 10.3 Å². The maximum atomic E-state index is 13.3. The monoisotopic (exact) mass is 496 g/mol. The van der Waals surface area contributed by atoms with E-state index in [0.717, 1.165) is 33.6 Å². The molecule has 3 heterocycles. The molecule has 0 saturated carbocycles. The number of fused-ring (bicyclic) bond motifs is 2. The van der Waals surface area contributed by atoms with E-state index < -0.39 is 0 Å².